The summed E-state index contributed by atoms with van der Waals surface area (Å²) in [4.78, 5) is 15.4. The molecule has 0 saturated carbocycles. The number of nitrogens with one attached hydrogen (secondary N) is 2. The number of rotatable bonds is 6. The highest BCUT2D eigenvalue weighted by Crippen LogP contribution is 2.27. The average Bonchev–Trinajstić information content (AvgIpc) is 3.01. The summed E-state index contributed by atoms with van der Waals surface area (Å²) in [6, 6.07) is 9.06. The number of methoxy groups -OCH3 is 1. The van der Waals surface area contributed by atoms with Gasteiger partial charge in [0.15, 0.2) is 0 Å². The summed E-state index contributed by atoms with van der Waals surface area (Å²) in [5, 5.41) is 8.14. The molecule has 2 aromatic rings. The van der Waals surface area contributed by atoms with Gasteiger partial charge in [-0.3, -0.25) is 0 Å². The zero-order valence-corrected chi connectivity index (χ0v) is 14.9. The Morgan fingerprint density at radius 3 is 2.74 bits per heavy atom. The zero-order chi connectivity index (χ0) is 16.8. The van der Waals surface area contributed by atoms with Gasteiger partial charge >= 0.3 is 6.03 Å². The van der Waals surface area contributed by atoms with E-state index in [1.165, 1.54) is 4.88 Å². The minimum Gasteiger partial charge on any atom is -0.495 e. The van der Waals surface area contributed by atoms with Crippen molar-refractivity contribution < 1.29 is 9.53 Å². The van der Waals surface area contributed by atoms with Crippen LogP contribution < -0.4 is 15.4 Å². The van der Waals surface area contributed by atoms with Gasteiger partial charge in [-0.1, -0.05) is 17.7 Å². The van der Waals surface area contributed by atoms with Gasteiger partial charge in [0.25, 0.3) is 0 Å². The number of likely N-dealkylation sites (N-methyl/N-ethyl adjacent to an activating group) is 1. The van der Waals surface area contributed by atoms with E-state index in [2.05, 4.69) is 21.6 Å². The number of benzene rings is 1. The van der Waals surface area contributed by atoms with Crippen molar-refractivity contribution in [3.05, 3.63) is 45.6 Å². The summed E-state index contributed by atoms with van der Waals surface area (Å²) in [6.07, 6.45) is 0. The van der Waals surface area contributed by atoms with E-state index in [-0.39, 0.29) is 12.1 Å². The first-order chi connectivity index (χ1) is 11.0. The topological polar surface area (TPSA) is 53.6 Å². The van der Waals surface area contributed by atoms with E-state index < -0.39 is 0 Å². The summed E-state index contributed by atoms with van der Waals surface area (Å²) >= 11 is 7.72. The van der Waals surface area contributed by atoms with Crippen molar-refractivity contribution >= 4 is 34.7 Å². The van der Waals surface area contributed by atoms with Gasteiger partial charge in [0.2, 0.25) is 0 Å². The Labute approximate surface area is 145 Å². The molecule has 23 heavy (non-hydrogen) atoms. The molecule has 0 aliphatic heterocycles. The van der Waals surface area contributed by atoms with Crippen molar-refractivity contribution in [1.29, 1.82) is 0 Å². The van der Waals surface area contributed by atoms with Gasteiger partial charge in [-0.05, 0) is 43.7 Å². The van der Waals surface area contributed by atoms with Gasteiger partial charge in [-0.15, -0.1) is 11.3 Å². The molecule has 1 aromatic carbocycles. The predicted molar refractivity (Wildman–Crippen MR) is 95.8 cm³/mol. The van der Waals surface area contributed by atoms with E-state index in [0.29, 0.717) is 23.0 Å². The second kappa shape index (κ2) is 8.19. The Balaban J connectivity index is 1.93. The van der Waals surface area contributed by atoms with Crippen molar-refractivity contribution in [3.8, 4) is 5.75 Å². The number of hydrogen-bond acceptors (Lipinski definition) is 4. The molecular formula is C16H20ClN3O2S. The van der Waals surface area contributed by atoms with Crippen LogP contribution in [-0.2, 0) is 0 Å². The third-order valence-electron chi connectivity index (χ3n) is 3.36. The fraction of sp³-hybridized carbons (Fsp3) is 0.312. The molecule has 0 unspecified atom stereocenters. The fourth-order valence-electron chi connectivity index (χ4n) is 2.13. The molecule has 0 radical (unpaired) electrons. The van der Waals surface area contributed by atoms with Crippen LogP contribution in [0.1, 0.15) is 10.9 Å². The lowest BCUT2D eigenvalue weighted by atomic mass is 10.2. The third kappa shape index (κ3) is 4.86. The second-order valence-corrected chi connectivity index (χ2v) is 6.57. The first kappa shape index (κ1) is 17.6. The number of carbonyl (C=O) groups is 1. The molecule has 124 valence electrons. The molecule has 1 aromatic heterocycles. The molecule has 0 saturated heterocycles. The smallest absolute Gasteiger partial charge is 0.319 e. The molecule has 5 nitrogen and oxygen atoms in total. The Morgan fingerprint density at radius 1 is 1.39 bits per heavy atom. The van der Waals surface area contributed by atoms with Crippen LogP contribution >= 0.6 is 22.9 Å². The van der Waals surface area contributed by atoms with Crippen molar-refractivity contribution in [2.75, 3.05) is 33.1 Å². The maximum atomic E-state index is 12.1. The Morgan fingerprint density at radius 2 is 2.17 bits per heavy atom. The van der Waals surface area contributed by atoms with Crippen molar-refractivity contribution in [2.24, 2.45) is 0 Å². The molecule has 1 heterocycles. The minimum atomic E-state index is -0.269. The van der Waals surface area contributed by atoms with Gasteiger partial charge in [-0.25, -0.2) is 4.79 Å². The van der Waals surface area contributed by atoms with Gasteiger partial charge < -0.3 is 20.3 Å². The Bertz CT molecular complexity index is 647. The van der Waals surface area contributed by atoms with Gasteiger partial charge in [0, 0.05) is 17.1 Å². The van der Waals surface area contributed by atoms with Gasteiger partial charge in [-0.2, -0.15) is 0 Å². The number of anilines is 1. The van der Waals surface area contributed by atoms with E-state index >= 15 is 0 Å². The van der Waals surface area contributed by atoms with Crippen LogP contribution in [-0.4, -0.2) is 38.7 Å². The predicted octanol–water partition coefficient (Wildman–Crippen LogP) is 3.83. The molecule has 2 rings (SSSR count). The number of nitrogens with zero attached hydrogens (tertiary/aromatic N) is 1. The van der Waals surface area contributed by atoms with Crippen LogP contribution in [0.2, 0.25) is 5.02 Å². The van der Waals surface area contributed by atoms with Gasteiger partial charge in [0.1, 0.15) is 5.75 Å². The Kier molecular flexibility index (Phi) is 6.27. The molecule has 2 N–H and O–H groups in total. The Hall–Kier alpha value is -1.76. The van der Waals surface area contributed by atoms with E-state index in [1.807, 2.05) is 25.5 Å². The number of halogens is 1. The first-order valence-corrected chi connectivity index (χ1v) is 8.35. The minimum absolute atomic E-state index is 0.139. The highest BCUT2D eigenvalue weighted by molar-refractivity contribution is 7.10. The monoisotopic (exact) mass is 353 g/mol. The average molecular weight is 354 g/mol. The number of amides is 2. The highest BCUT2D eigenvalue weighted by atomic mass is 35.5. The lowest BCUT2D eigenvalue weighted by Gasteiger charge is -2.23. The van der Waals surface area contributed by atoms with Crippen LogP contribution in [0, 0.1) is 0 Å². The molecule has 7 heteroatoms. The number of carbonyl (C=O) groups excluding carboxylic acids is 1. The summed E-state index contributed by atoms with van der Waals surface area (Å²) in [5.74, 6) is 0.572. The molecule has 0 bridgehead atoms. The van der Waals surface area contributed by atoms with Crippen LogP contribution in [0.3, 0.4) is 0 Å². The van der Waals surface area contributed by atoms with Crippen molar-refractivity contribution in [3.63, 3.8) is 0 Å². The van der Waals surface area contributed by atoms with E-state index in [1.54, 1.807) is 36.6 Å². The number of thiophene rings is 1. The zero-order valence-electron chi connectivity index (χ0n) is 13.3. The molecule has 0 fully saturated rings. The van der Waals surface area contributed by atoms with Crippen molar-refractivity contribution in [1.82, 2.24) is 10.2 Å². The van der Waals surface area contributed by atoms with Crippen molar-refractivity contribution in [2.45, 2.75) is 6.04 Å². The fourth-order valence-corrected chi connectivity index (χ4v) is 3.31. The maximum Gasteiger partial charge on any atom is 0.319 e. The summed E-state index contributed by atoms with van der Waals surface area (Å²) in [5.41, 5.74) is 0.617. The SMILES string of the molecule is COc1ccc(NC(=O)NC[C@H](c2cccs2)N(C)C)cc1Cl. The first-order valence-electron chi connectivity index (χ1n) is 7.09. The van der Waals surface area contributed by atoms with Crippen LogP contribution in [0.25, 0.3) is 0 Å². The molecule has 0 spiro atoms. The van der Waals surface area contributed by atoms with E-state index in [4.69, 9.17) is 16.3 Å². The van der Waals surface area contributed by atoms with E-state index in [0.717, 1.165) is 0 Å². The molecule has 2 amide bonds. The molecular weight excluding hydrogens is 334 g/mol. The molecule has 1 atom stereocenters. The third-order valence-corrected chi connectivity index (χ3v) is 4.63. The van der Waals surface area contributed by atoms with Crippen LogP contribution in [0.15, 0.2) is 35.7 Å². The quantitative estimate of drug-likeness (QED) is 0.829. The number of hydrogen-bond donors (Lipinski definition) is 2. The summed E-state index contributed by atoms with van der Waals surface area (Å²) in [7, 11) is 5.54. The molecule has 0 aliphatic carbocycles. The second-order valence-electron chi connectivity index (χ2n) is 5.18. The number of urea groups is 1. The summed E-state index contributed by atoms with van der Waals surface area (Å²) in [6.45, 7) is 0.517. The standard InChI is InChI=1S/C16H20ClN3O2S/c1-20(2)13(15-5-4-8-23-15)10-18-16(21)19-11-6-7-14(22-3)12(17)9-11/h4-9,13H,10H2,1-3H3,(H2,18,19,21)/t13-/m1/s1. The van der Waals surface area contributed by atoms with E-state index in [9.17, 15) is 4.79 Å². The normalized spacial score (nSPS) is 12.0. The summed E-state index contributed by atoms with van der Waals surface area (Å²) < 4.78 is 5.09. The lowest BCUT2D eigenvalue weighted by molar-refractivity contribution is 0.244. The largest absolute Gasteiger partial charge is 0.495 e. The van der Waals surface area contributed by atoms with Gasteiger partial charge in [0.05, 0.1) is 18.2 Å². The molecule has 0 aliphatic rings. The lowest BCUT2D eigenvalue weighted by Crippen LogP contribution is -2.36. The van der Waals surface area contributed by atoms with Crippen LogP contribution in [0.5, 0.6) is 5.75 Å². The highest BCUT2D eigenvalue weighted by Gasteiger charge is 2.16. The van der Waals surface area contributed by atoms with Crippen LogP contribution in [0.4, 0.5) is 10.5 Å². The number of ether oxygens (including phenoxy) is 1. The maximum absolute atomic E-state index is 12.1.